The summed E-state index contributed by atoms with van der Waals surface area (Å²) in [6.45, 7) is 1.51. The van der Waals surface area contributed by atoms with Crippen LogP contribution >= 0.6 is 12.4 Å². The van der Waals surface area contributed by atoms with E-state index in [1.807, 2.05) is 42.3 Å². The molecule has 0 spiro atoms. The van der Waals surface area contributed by atoms with E-state index < -0.39 is 0 Å². The topological polar surface area (TPSA) is 58.4 Å². The molecule has 1 aromatic heterocycles. The van der Waals surface area contributed by atoms with Crippen molar-refractivity contribution in [2.24, 2.45) is 0 Å². The predicted octanol–water partition coefficient (Wildman–Crippen LogP) is 2.59. The van der Waals surface area contributed by atoms with Gasteiger partial charge < -0.3 is 14.7 Å². The van der Waals surface area contributed by atoms with Crippen LogP contribution in [-0.4, -0.2) is 42.1 Å². The second-order valence-corrected chi connectivity index (χ2v) is 5.30. The van der Waals surface area contributed by atoms with Crippen LogP contribution in [0.5, 0.6) is 0 Å². The van der Waals surface area contributed by atoms with Crippen LogP contribution in [0.4, 0.5) is 0 Å². The van der Waals surface area contributed by atoms with Crippen molar-refractivity contribution in [1.29, 1.82) is 0 Å². The van der Waals surface area contributed by atoms with Gasteiger partial charge in [0.2, 0.25) is 5.76 Å². The zero-order chi connectivity index (χ0) is 14.7. The lowest BCUT2D eigenvalue weighted by Gasteiger charge is -2.31. The van der Waals surface area contributed by atoms with Crippen LogP contribution in [-0.2, 0) is 0 Å². The van der Waals surface area contributed by atoms with Gasteiger partial charge in [0.15, 0.2) is 0 Å². The molecule has 1 amide bonds. The van der Waals surface area contributed by atoms with E-state index in [1.54, 1.807) is 6.07 Å². The minimum Gasteiger partial charge on any atom is -0.350 e. The molecule has 1 aromatic carbocycles. The molecule has 0 unspecified atom stereocenters. The Hall–Kier alpha value is -1.85. The summed E-state index contributed by atoms with van der Waals surface area (Å²) in [5.41, 5.74) is 1.65. The number of piperidine rings is 1. The number of rotatable bonds is 3. The number of carbonyl (C=O) groups is 1. The number of benzene rings is 1. The molecule has 1 fully saturated rings. The lowest BCUT2D eigenvalue weighted by Crippen LogP contribution is -2.43. The minimum atomic E-state index is -0.0702. The van der Waals surface area contributed by atoms with Crippen molar-refractivity contribution >= 4 is 18.3 Å². The van der Waals surface area contributed by atoms with Gasteiger partial charge in [-0.15, -0.1) is 12.4 Å². The zero-order valence-corrected chi connectivity index (χ0v) is 13.3. The first-order chi connectivity index (χ1) is 10.3. The molecule has 0 aliphatic carbocycles. The van der Waals surface area contributed by atoms with Crippen molar-refractivity contribution in [2.75, 3.05) is 20.1 Å². The Morgan fingerprint density at radius 2 is 1.95 bits per heavy atom. The summed E-state index contributed by atoms with van der Waals surface area (Å²) in [7, 11) is 1.96. The fourth-order valence-corrected chi connectivity index (χ4v) is 2.65. The Kier molecular flexibility index (Phi) is 5.57. The van der Waals surface area contributed by atoms with E-state index in [-0.39, 0.29) is 18.3 Å². The molecule has 22 heavy (non-hydrogen) atoms. The van der Waals surface area contributed by atoms with Gasteiger partial charge >= 0.3 is 0 Å². The highest BCUT2D eigenvalue weighted by Crippen LogP contribution is 2.20. The van der Waals surface area contributed by atoms with Crippen LogP contribution in [0.3, 0.4) is 0 Å². The van der Waals surface area contributed by atoms with Crippen molar-refractivity contribution < 1.29 is 9.32 Å². The quantitative estimate of drug-likeness (QED) is 0.944. The first-order valence-electron chi connectivity index (χ1n) is 7.26. The third kappa shape index (κ3) is 3.48. The summed E-state index contributed by atoms with van der Waals surface area (Å²) in [5, 5.41) is 7.25. The molecule has 0 saturated carbocycles. The van der Waals surface area contributed by atoms with E-state index in [1.165, 1.54) is 0 Å². The standard InChI is InChI=1S/C16H19N3O2.ClH/c1-17-13-7-9-19(10-8-13)16(20)15-11-14(18-21-15)12-5-3-2-4-6-12;/h2-6,11,13,17H,7-10H2,1H3;1H. The second kappa shape index (κ2) is 7.42. The van der Waals surface area contributed by atoms with E-state index in [4.69, 9.17) is 4.52 Å². The zero-order valence-electron chi connectivity index (χ0n) is 12.5. The van der Waals surface area contributed by atoms with Gasteiger partial charge in [-0.25, -0.2) is 0 Å². The summed E-state index contributed by atoms with van der Waals surface area (Å²) < 4.78 is 5.23. The van der Waals surface area contributed by atoms with Crippen LogP contribution < -0.4 is 5.32 Å². The van der Waals surface area contributed by atoms with Crippen molar-refractivity contribution in [2.45, 2.75) is 18.9 Å². The summed E-state index contributed by atoms with van der Waals surface area (Å²) in [6.07, 6.45) is 1.95. The summed E-state index contributed by atoms with van der Waals surface area (Å²) in [5.74, 6) is 0.246. The highest BCUT2D eigenvalue weighted by molar-refractivity contribution is 5.92. The average Bonchev–Trinajstić information content (AvgIpc) is 3.05. The molecule has 2 heterocycles. The summed E-state index contributed by atoms with van der Waals surface area (Å²) >= 11 is 0. The molecule has 118 valence electrons. The van der Waals surface area contributed by atoms with Crippen LogP contribution in [0.25, 0.3) is 11.3 Å². The van der Waals surface area contributed by atoms with E-state index in [2.05, 4.69) is 10.5 Å². The maximum absolute atomic E-state index is 12.4. The highest BCUT2D eigenvalue weighted by atomic mass is 35.5. The number of nitrogens with zero attached hydrogens (tertiary/aromatic N) is 2. The third-order valence-corrected chi connectivity index (χ3v) is 3.98. The highest BCUT2D eigenvalue weighted by Gasteiger charge is 2.25. The van der Waals surface area contributed by atoms with Gasteiger partial charge in [0.25, 0.3) is 5.91 Å². The molecular weight excluding hydrogens is 302 g/mol. The van der Waals surface area contributed by atoms with Crippen LogP contribution in [0.1, 0.15) is 23.4 Å². The Morgan fingerprint density at radius 1 is 1.27 bits per heavy atom. The third-order valence-electron chi connectivity index (χ3n) is 3.98. The van der Waals surface area contributed by atoms with Crippen LogP contribution in [0.15, 0.2) is 40.9 Å². The monoisotopic (exact) mass is 321 g/mol. The normalized spacial score (nSPS) is 15.4. The molecule has 1 aliphatic rings. The van der Waals surface area contributed by atoms with Gasteiger partial charge in [-0.3, -0.25) is 4.79 Å². The Morgan fingerprint density at radius 3 is 2.59 bits per heavy atom. The number of halogens is 1. The van der Waals surface area contributed by atoms with Gasteiger partial charge in [0.1, 0.15) is 5.69 Å². The molecule has 1 N–H and O–H groups in total. The maximum atomic E-state index is 12.4. The van der Waals surface area contributed by atoms with Crippen LogP contribution in [0.2, 0.25) is 0 Å². The Balaban J connectivity index is 0.00000176. The number of hydrogen-bond acceptors (Lipinski definition) is 4. The molecule has 0 atom stereocenters. The molecule has 1 aliphatic heterocycles. The molecule has 1 saturated heterocycles. The SMILES string of the molecule is CNC1CCN(C(=O)c2cc(-c3ccccc3)no2)CC1.Cl. The van der Waals surface area contributed by atoms with E-state index in [0.29, 0.717) is 17.5 Å². The molecule has 6 heteroatoms. The van der Waals surface area contributed by atoms with Gasteiger partial charge in [0.05, 0.1) is 0 Å². The average molecular weight is 322 g/mol. The lowest BCUT2D eigenvalue weighted by atomic mass is 10.1. The molecule has 5 nitrogen and oxygen atoms in total. The summed E-state index contributed by atoms with van der Waals surface area (Å²) in [4.78, 5) is 14.2. The second-order valence-electron chi connectivity index (χ2n) is 5.30. The number of amides is 1. The van der Waals surface area contributed by atoms with Crippen molar-refractivity contribution in [1.82, 2.24) is 15.4 Å². The predicted molar refractivity (Wildman–Crippen MR) is 87.2 cm³/mol. The summed E-state index contributed by atoms with van der Waals surface area (Å²) in [6, 6.07) is 11.9. The van der Waals surface area contributed by atoms with Gasteiger partial charge in [-0.1, -0.05) is 35.5 Å². The molecule has 2 aromatic rings. The number of aromatic nitrogens is 1. The van der Waals surface area contributed by atoms with Gasteiger partial charge in [0, 0.05) is 30.8 Å². The fourth-order valence-electron chi connectivity index (χ4n) is 2.65. The smallest absolute Gasteiger partial charge is 0.292 e. The van der Waals surface area contributed by atoms with E-state index in [9.17, 15) is 4.79 Å². The first-order valence-corrected chi connectivity index (χ1v) is 7.26. The Labute approximate surface area is 136 Å². The number of carbonyl (C=O) groups excluding carboxylic acids is 1. The van der Waals surface area contributed by atoms with Gasteiger partial charge in [-0.2, -0.15) is 0 Å². The Bertz CT molecular complexity index is 607. The minimum absolute atomic E-state index is 0. The molecule has 0 radical (unpaired) electrons. The largest absolute Gasteiger partial charge is 0.350 e. The number of hydrogen-bond donors (Lipinski definition) is 1. The number of nitrogens with one attached hydrogen (secondary N) is 1. The van der Waals surface area contributed by atoms with Crippen LogP contribution in [0, 0.1) is 0 Å². The molecule has 3 rings (SSSR count). The molecular formula is C16H20ClN3O2. The molecule has 0 bridgehead atoms. The number of likely N-dealkylation sites (tertiary alicyclic amines) is 1. The van der Waals surface area contributed by atoms with Gasteiger partial charge in [-0.05, 0) is 19.9 Å². The fraction of sp³-hybridized carbons (Fsp3) is 0.375. The lowest BCUT2D eigenvalue weighted by molar-refractivity contribution is 0.0665. The first kappa shape index (κ1) is 16.5. The van der Waals surface area contributed by atoms with Crippen molar-refractivity contribution in [3.8, 4) is 11.3 Å². The maximum Gasteiger partial charge on any atom is 0.292 e. The van der Waals surface area contributed by atoms with Crippen molar-refractivity contribution in [3.05, 3.63) is 42.2 Å². The van der Waals surface area contributed by atoms with Crippen molar-refractivity contribution in [3.63, 3.8) is 0 Å². The van der Waals surface area contributed by atoms with E-state index >= 15 is 0 Å². The van der Waals surface area contributed by atoms with E-state index in [0.717, 1.165) is 31.5 Å².